The van der Waals surface area contributed by atoms with Crippen molar-refractivity contribution < 1.29 is 13.9 Å². The molecule has 0 aliphatic carbocycles. The predicted molar refractivity (Wildman–Crippen MR) is 86.9 cm³/mol. The SMILES string of the molecule is CC(C)(CNC(=O)CC1COCCN1)c1ccccc1F.Cl. The molecule has 1 aliphatic rings. The minimum Gasteiger partial charge on any atom is -0.378 e. The molecule has 0 spiro atoms. The number of carbonyl (C=O) groups is 1. The number of benzene rings is 1. The maximum absolute atomic E-state index is 13.8. The summed E-state index contributed by atoms with van der Waals surface area (Å²) in [5, 5.41) is 6.14. The summed E-state index contributed by atoms with van der Waals surface area (Å²) in [4.78, 5) is 12.0. The van der Waals surface area contributed by atoms with Crippen molar-refractivity contribution in [2.45, 2.75) is 31.7 Å². The second-order valence-electron chi connectivity index (χ2n) is 6.07. The van der Waals surface area contributed by atoms with Crippen molar-refractivity contribution in [3.63, 3.8) is 0 Å². The van der Waals surface area contributed by atoms with Gasteiger partial charge >= 0.3 is 0 Å². The molecular formula is C16H24ClFN2O2. The first-order valence-electron chi connectivity index (χ1n) is 7.32. The van der Waals surface area contributed by atoms with Crippen LogP contribution in [0.1, 0.15) is 25.8 Å². The molecule has 1 aromatic rings. The molecule has 22 heavy (non-hydrogen) atoms. The highest BCUT2D eigenvalue weighted by Crippen LogP contribution is 2.24. The van der Waals surface area contributed by atoms with Crippen LogP contribution >= 0.6 is 12.4 Å². The van der Waals surface area contributed by atoms with Crippen LogP contribution in [-0.2, 0) is 14.9 Å². The highest BCUT2D eigenvalue weighted by atomic mass is 35.5. The smallest absolute Gasteiger partial charge is 0.221 e. The van der Waals surface area contributed by atoms with E-state index in [0.29, 0.717) is 31.7 Å². The van der Waals surface area contributed by atoms with Gasteiger partial charge in [-0.3, -0.25) is 4.79 Å². The highest BCUT2D eigenvalue weighted by molar-refractivity contribution is 5.85. The minimum absolute atomic E-state index is 0. The van der Waals surface area contributed by atoms with Gasteiger partial charge in [-0.2, -0.15) is 0 Å². The quantitative estimate of drug-likeness (QED) is 0.868. The number of nitrogens with one attached hydrogen (secondary N) is 2. The van der Waals surface area contributed by atoms with E-state index in [-0.39, 0.29) is 30.2 Å². The lowest BCUT2D eigenvalue weighted by Gasteiger charge is -2.27. The fourth-order valence-corrected chi connectivity index (χ4v) is 2.47. The number of halogens is 2. The molecule has 124 valence electrons. The first-order chi connectivity index (χ1) is 9.99. The van der Waals surface area contributed by atoms with E-state index in [2.05, 4.69) is 10.6 Å². The molecule has 4 nitrogen and oxygen atoms in total. The van der Waals surface area contributed by atoms with E-state index < -0.39 is 5.41 Å². The lowest BCUT2D eigenvalue weighted by Crippen LogP contribution is -2.45. The number of morpholine rings is 1. The Morgan fingerprint density at radius 3 is 2.82 bits per heavy atom. The van der Waals surface area contributed by atoms with Crippen LogP contribution in [0.5, 0.6) is 0 Å². The maximum atomic E-state index is 13.8. The Hall–Kier alpha value is -1.17. The summed E-state index contributed by atoms with van der Waals surface area (Å²) in [6, 6.07) is 6.75. The number of amides is 1. The first kappa shape index (κ1) is 18.9. The fourth-order valence-electron chi connectivity index (χ4n) is 2.47. The molecule has 2 N–H and O–H groups in total. The van der Waals surface area contributed by atoms with E-state index in [4.69, 9.17) is 4.74 Å². The van der Waals surface area contributed by atoms with Crippen molar-refractivity contribution in [1.29, 1.82) is 0 Å². The molecule has 1 heterocycles. The minimum atomic E-state index is -0.447. The number of rotatable bonds is 5. The second-order valence-corrected chi connectivity index (χ2v) is 6.07. The van der Waals surface area contributed by atoms with Gasteiger partial charge in [-0.1, -0.05) is 32.0 Å². The van der Waals surface area contributed by atoms with Gasteiger partial charge in [0.2, 0.25) is 5.91 Å². The second kappa shape index (κ2) is 8.46. The molecule has 1 unspecified atom stereocenters. The molecule has 1 aliphatic heterocycles. The van der Waals surface area contributed by atoms with Crippen molar-refractivity contribution in [2.75, 3.05) is 26.3 Å². The van der Waals surface area contributed by atoms with Gasteiger partial charge < -0.3 is 15.4 Å². The van der Waals surface area contributed by atoms with Crippen molar-refractivity contribution in [3.8, 4) is 0 Å². The maximum Gasteiger partial charge on any atom is 0.221 e. The van der Waals surface area contributed by atoms with Gasteiger partial charge in [0.1, 0.15) is 5.82 Å². The number of ether oxygens (including phenoxy) is 1. The van der Waals surface area contributed by atoms with E-state index in [1.54, 1.807) is 12.1 Å². The molecular weight excluding hydrogens is 307 g/mol. The van der Waals surface area contributed by atoms with E-state index in [1.165, 1.54) is 6.07 Å². The van der Waals surface area contributed by atoms with Gasteiger partial charge in [-0.05, 0) is 11.6 Å². The Balaban J connectivity index is 0.00000242. The Labute approximate surface area is 137 Å². The van der Waals surface area contributed by atoms with Crippen LogP contribution < -0.4 is 10.6 Å². The predicted octanol–water partition coefficient (Wildman–Crippen LogP) is 2.02. The van der Waals surface area contributed by atoms with Crippen LogP contribution in [-0.4, -0.2) is 38.3 Å². The lowest BCUT2D eigenvalue weighted by molar-refractivity contribution is -0.122. The Morgan fingerprint density at radius 2 is 2.18 bits per heavy atom. The van der Waals surface area contributed by atoms with E-state index >= 15 is 0 Å². The molecule has 6 heteroatoms. The highest BCUT2D eigenvalue weighted by Gasteiger charge is 2.25. The Bertz CT molecular complexity index is 491. The normalized spacial score (nSPS) is 18.4. The summed E-state index contributed by atoms with van der Waals surface area (Å²) >= 11 is 0. The van der Waals surface area contributed by atoms with Gasteiger partial charge in [0.15, 0.2) is 0 Å². The molecule has 1 aromatic carbocycles. The summed E-state index contributed by atoms with van der Waals surface area (Å²) in [6.07, 6.45) is 0.382. The average molecular weight is 331 g/mol. The largest absolute Gasteiger partial charge is 0.378 e. The van der Waals surface area contributed by atoms with Crippen LogP contribution in [0.15, 0.2) is 24.3 Å². The monoisotopic (exact) mass is 330 g/mol. The van der Waals surface area contributed by atoms with E-state index in [1.807, 2.05) is 19.9 Å². The summed E-state index contributed by atoms with van der Waals surface area (Å²) in [5.41, 5.74) is 0.168. The van der Waals surface area contributed by atoms with Crippen LogP contribution in [0.3, 0.4) is 0 Å². The first-order valence-corrected chi connectivity index (χ1v) is 7.32. The zero-order valence-corrected chi connectivity index (χ0v) is 13.8. The third kappa shape index (κ3) is 5.23. The van der Waals surface area contributed by atoms with Crippen LogP contribution in [0.25, 0.3) is 0 Å². The van der Waals surface area contributed by atoms with Gasteiger partial charge in [-0.15, -0.1) is 12.4 Å². The van der Waals surface area contributed by atoms with E-state index in [9.17, 15) is 9.18 Å². The molecule has 0 bridgehead atoms. The summed E-state index contributed by atoms with van der Waals surface area (Å²) in [7, 11) is 0. The van der Waals surface area contributed by atoms with Gasteiger partial charge in [0.05, 0.1) is 13.2 Å². The van der Waals surface area contributed by atoms with Crippen molar-refractivity contribution in [1.82, 2.24) is 10.6 Å². The summed E-state index contributed by atoms with van der Waals surface area (Å²) in [6.45, 7) is 6.28. The molecule has 1 saturated heterocycles. The molecule has 0 aromatic heterocycles. The molecule has 2 rings (SSSR count). The third-order valence-corrected chi connectivity index (χ3v) is 3.76. The molecule has 0 saturated carbocycles. The molecule has 1 atom stereocenters. The summed E-state index contributed by atoms with van der Waals surface area (Å²) < 4.78 is 19.2. The zero-order valence-electron chi connectivity index (χ0n) is 13.0. The van der Waals surface area contributed by atoms with Crippen LogP contribution in [0, 0.1) is 5.82 Å². The van der Waals surface area contributed by atoms with E-state index in [0.717, 1.165) is 6.54 Å². The van der Waals surface area contributed by atoms with Crippen molar-refractivity contribution >= 4 is 18.3 Å². The molecule has 1 amide bonds. The van der Waals surface area contributed by atoms with Crippen molar-refractivity contribution in [3.05, 3.63) is 35.6 Å². The van der Waals surface area contributed by atoms with Gasteiger partial charge in [-0.25, -0.2) is 4.39 Å². The fraction of sp³-hybridized carbons (Fsp3) is 0.562. The Morgan fingerprint density at radius 1 is 1.45 bits per heavy atom. The Kier molecular flexibility index (Phi) is 7.26. The molecule has 0 radical (unpaired) electrons. The molecule has 1 fully saturated rings. The standard InChI is InChI=1S/C16H23FN2O2.ClH/c1-16(2,13-5-3-4-6-14(13)17)11-19-15(20)9-12-10-21-8-7-18-12;/h3-6,12,18H,7-11H2,1-2H3,(H,19,20);1H. The lowest BCUT2D eigenvalue weighted by atomic mass is 9.84. The number of carbonyl (C=O) groups excluding carboxylic acids is 1. The topological polar surface area (TPSA) is 50.4 Å². The summed E-state index contributed by atoms with van der Waals surface area (Å²) in [5.74, 6) is -0.276. The van der Waals surface area contributed by atoms with Crippen LogP contribution in [0.2, 0.25) is 0 Å². The van der Waals surface area contributed by atoms with Gasteiger partial charge in [0, 0.05) is 31.0 Å². The van der Waals surface area contributed by atoms with Crippen molar-refractivity contribution in [2.24, 2.45) is 0 Å². The average Bonchev–Trinajstić information content (AvgIpc) is 2.47. The number of hydrogen-bond donors (Lipinski definition) is 2. The number of hydrogen-bond acceptors (Lipinski definition) is 3. The van der Waals surface area contributed by atoms with Gasteiger partial charge in [0.25, 0.3) is 0 Å². The third-order valence-electron chi connectivity index (χ3n) is 3.76. The van der Waals surface area contributed by atoms with Crippen LogP contribution in [0.4, 0.5) is 4.39 Å². The zero-order chi connectivity index (χ0) is 15.3.